The molecule has 92 valence electrons. The van der Waals surface area contributed by atoms with Gasteiger partial charge in [-0.1, -0.05) is 27.5 Å². The van der Waals surface area contributed by atoms with Crippen LogP contribution in [-0.4, -0.2) is 11.3 Å². The minimum absolute atomic E-state index is 0.163. The second-order valence-electron chi connectivity index (χ2n) is 3.56. The second kappa shape index (κ2) is 5.87. The SMILES string of the molecule is Oc1c(Br)cc(Br)cc1C=Nc1ccc(Cl)cc1. The summed E-state index contributed by atoms with van der Waals surface area (Å²) < 4.78 is 1.49. The fourth-order valence-electron chi connectivity index (χ4n) is 1.36. The van der Waals surface area contributed by atoms with Gasteiger partial charge in [-0.15, -0.1) is 0 Å². The zero-order valence-electron chi connectivity index (χ0n) is 9.07. The van der Waals surface area contributed by atoms with Crippen LogP contribution in [0.4, 0.5) is 5.69 Å². The quantitative estimate of drug-likeness (QED) is 0.693. The van der Waals surface area contributed by atoms with E-state index in [0.29, 0.717) is 15.1 Å². The highest BCUT2D eigenvalue weighted by atomic mass is 79.9. The lowest BCUT2D eigenvalue weighted by Gasteiger charge is -2.02. The smallest absolute Gasteiger partial charge is 0.138 e. The molecule has 2 aromatic rings. The van der Waals surface area contributed by atoms with Crippen molar-refractivity contribution in [2.24, 2.45) is 4.99 Å². The molecule has 0 amide bonds. The van der Waals surface area contributed by atoms with Crippen LogP contribution in [0.3, 0.4) is 0 Å². The number of benzene rings is 2. The monoisotopic (exact) mass is 387 g/mol. The Balaban J connectivity index is 2.31. The summed E-state index contributed by atoms with van der Waals surface area (Å²) in [6, 6.07) is 10.7. The number of rotatable bonds is 2. The van der Waals surface area contributed by atoms with Crippen LogP contribution >= 0.6 is 43.5 Å². The third kappa shape index (κ3) is 3.34. The van der Waals surface area contributed by atoms with Crippen molar-refractivity contribution in [3.8, 4) is 5.75 Å². The lowest BCUT2D eigenvalue weighted by atomic mass is 10.2. The Kier molecular flexibility index (Phi) is 4.43. The summed E-state index contributed by atoms with van der Waals surface area (Å²) in [4.78, 5) is 4.28. The first-order chi connectivity index (χ1) is 8.56. The highest BCUT2D eigenvalue weighted by Gasteiger charge is 2.05. The van der Waals surface area contributed by atoms with E-state index in [0.717, 1.165) is 10.2 Å². The van der Waals surface area contributed by atoms with Crippen LogP contribution in [0.25, 0.3) is 0 Å². The fraction of sp³-hybridized carbons (Fsp3) is 0. The summed E-state index contributed by atoms with van der Waals surface area (Å²) in [7, 11) is 0. The summed E-state index contributed by atoms with van der Waals surface area (Å²) in [5, 5.41) is 10.5. The Hall–Kier alpha value is -0.840. The van der Waals surface area contributed by atoms with Gasteiger partial charge < -0.3 is 5.11 Å². The van der Waals surface area contributed by atoms with Crippen molar-refractivity contribution in [3.63, 3.8) is 0 Å². The Morgan fingerprint density at radius 2 is 1.78 bits per heavy atom. The summed E-state index contributed by atoms with van der Waals surface area (Å²) >= 11 is 12.4. The molecule has 2 aromatic carbocycles. The standard InChI is InChI=1S/C13H8Br2ClNO/c14-9-5-8(13(18)12(15)6-9)7-17-11-3-1-10(16)2-4-11/h1-7,18H. The van der Waals surface area contributed by atoms with Crippen LogP contribution in [0.5, 0.6) is 5.75 Å². The summed E-state index contributed by atoms with van der Waals surface area (Å²) in [5.41, 5.74) is 1.40. The molecule has 0 aliphatic rings. The van der Waals surface area contributed by atoms with E-state index in [9.17, 15) is 5.11 Å². The molecule has 1 N–H and O–H groups in total. The molecule has 5 heteroatoms. The van der Waals surface area contributed by atoms with Crippen LogP contribution in [0.2, 0.25) is 5.02 Å². The first-order valence-electron chi connectivity index (χ1n) is 5.04. The maximum atomic E-state index is 9.86. The van der Waals surface area contributed by atoms with Gasteiger partial charge in [-0.05, 0) is 52.3 Å². The summed E-state index contributed by atoms with van der Waals surface area (Å²) in [6.07, 6.45) is 1.61. The van der Waals surface area contributed by atoms with Crippen molar-refractivity contribution in [1.82, 2.24) is 0 Å². The number of hydrogen-bond donors (Lipinski definition) is 1. The van der Waals surface area contributed by atoms with E-state index in [-0.39, 0.29) is 5.75 Å². The molecule has 0 saturated heterocycles. The molecule has 0 bridgehead atoms. The van der Waals surface area contributed by atoms with E-state index < -0.39 is 0 Å². The maximum absolute atomic E-state index is 9.86. The molecule has 0 heterocycles. The van der Waals surface area contributed by atoms with Crippen LogP contribution in [-0.2, 0) is 0 Å². The Morgan fingerprint density at radius 3 is 2.44 bits per heavy atom. The average molecular weight is 389 g/mol. The summed E-state index contributed by atoms with van der Waals surface area (Å²) in [6.45, 7) is 0. The van der Waals surface area contributed by atoms with E-state index >= 15 is 0 Å². The van der Waals surface area contributed by atoms with E-state index in [2.05, 4.69) is 36.9 Å². The number of nitrogens with zero attached hydrogens (tertiary/aromatic N) is 1. The van der Waals surface area contributed by atoms with Crippen molar-refractivity contribution in [2.75, 3.05) is 0 Å². The molecule has 0 spiro atoms. The third-order valence-corrected chi connectivity index (χ3v) is 3.55. The Morgan fingerprint density at radius 1 is 1.11 bits per heavy atom. The van der Waals surface area contributed by atoms with Gasteiger partial charge in [0, 0.05) is 21.3 Å². The molecule has 0 radical (unpaired) electrons. The molecule has 2 rings (SSSR count). The van der Waals surface area contributed by atoms with Gasteiger partial charge in [0.25, 0.3) is 0 Å². The fourth-order valence-corrected chi connectivity index (χ4v) is 2.74. The van der Waals surface area contributed by atoms with E-state index in [4.69, 9.17) is 11.6 Å². The van der Waals surface area contributed by atoms with Crippen molar-refractivity contribution < 1.29 is 5.11 Å². The number of aliphatic imine (C=N–C) groups is 1. The zero-order chi connectivity index (χ0) is 13.1. The van der Waals surface area contributed by atoms with Crippen LogP contribution in [0.15, 0.2) is 50.3 Å². The lowest BCUT2D eigenvalue weighted by molar-refractivity contribution is 0.471. The minimum Gasteiger partial charge on any atom is -0.506 e. The van der Waals surface area contributed by atoms with Crippen molar-refractivity contribution >= 4 is 55.4 Å². The molecule has 18 heavy (non-hydrogen) atoms. The van der Waals surface area contributed by atoms with E-state index in [1.165, 1.54) is 0 Å². The number of halogens is 3. The molecular weight excluding hydrogens is 381 g/mol. The highest BCUT2D eigenvalue weighted by molar-refractivity contribution is 9.11. The van der Waals surface area contributed by atoms with Crippen molar-refractivity contribution in [3.05, 3.63) is 55.9 Å². The second-order valence-corrected chi connectivity index (χ2v) is 5.77. The molecule has 0 fully saturated rings. The van der Waals surface area contributed by atoms with Gasteiger partial charge in [-0.25, -0.2) is 0 Å². The predicted octanol–water partition coefficient (Wildman–Crippen LogP) is 5.32. The van der Waals surface area contributed by atoms with Crippen molar-refractivity contribution in [2.45, 2.75) is 0 Å². The third-order valence-electron chi connectivity index (χ3n) is 2.24. The van der Waals surface area contributed by atoms with Gasteiger partial charge in [-0.3, -0.25) is 4.99 Å². The lowest BCUT2D eigenvalue weighted by Crippen LogP contribution is -1.84. The Bertz CT molecular complexity index is 597. The van der Waals surface area contributed by atoms with Crippen molar-refractivity contribution in [1.29, 1.82) is 0 Å². The number of aromatic hydroxyl groups is 1. The molecule has 0 atom stereocenters. The largest absolute Gasteiger partial charge is 0.506 e. The van der Waals surface area contributed by atoms with Gasteiger partial charge in [0.05, 0.1) is 10.2 Å². The molecule has 2 nitrogen and oxygen atoms in total. The maximum Gasteiger partial charge on any atom is 0.138 e. The van der Waals surface area contributed by atoms with Crippen LogP contribution in [0.1, 0.15) is 5.56 Å². The topological polar surface area (TPSA) is 32.6 Å². The molecule has 0 unspecified atom stereocenters. The molecule has 0 aliphatic heterocycles. The molecular formula is C13H8Br2ClNO. The van der Waals surface area contributed by atoms with E-state index in [1.807, 2.05) is 12.1 Å². The summed E-state index contributed by atoms with van der Waals surface area (Å²) in [5.74, 6) is 0.163. The number of phenols is 1. The first-order valence-corrected chi connectivity index (χ1v) is 7.00. The van der Waals surface area contributed by atoms with E-state index in [1.54, 1.807) is 30.5 Å². The average Bonchev–Trinajstić information content (AvgIpc) is 2.34. The first kappa shape index (κ1) is 13.6. The number of hydrogen-bond acceptors (Lipinski definition) is 2. The zero-order valence-corrected chi connectivity index (χ0v) is 13.0. The van der Waals surface area contributed by atoms with Gasteiger partial charge >= 0.3 is 0 Å². The molecule has 0 saturated carbocycles. The van der Waals surface area contributed by atoms with Gasteiger partial charge in [0.2, 0.25) is 0 Å². The minimum atomic E-state index is 0.163. The molecule has 0 aliphatic carbocycles. The highest BCUT2D eigenvalue weighted by Crippen LogP contribution is 2.31. The molecule has 0 aromatic heterocycles. The number of phenolic OH excluding ortho intramolecular Hbond substituents is 1. The predicted molar refractivity (Wildman–Crippen MR) is 82.2 cm³/mol. The normalized spacial score (nSPS) is 11.1. The Labute approximate surface area is 127 Å². The van der Waals surface area contributed by atoms with Gasteiger partial charge in [0.1, 0.15) is 5.75 Å². The van der Waals surface area contributed by atoms with Gasteiger partial charge in [0.15, 0.2) is 0 Å². The van der Waals surface area contributed by atoms with Crippen LogP contribution in [0, 0.1) is 0 Å². The van der Waals surface area contributed by atoms with Crippen LogP contribution < -0.4 is 0 Å². The van der Waals surface area contributed by atoms with Gasteiger partial charge in [-0.2, -0.15) is 0 Å².